The second-order valence-corrected chi connectivity index (χ2v) is 6.38. The van der Waals surface area contributed by atoms with Crippen LogP contribution in [0.1, 0.15) is 52.9 Å². The zero-order valence-corrected chi connectivity index (χ0v) is 11.1. The molecule has 0 spiro atoms. The quantitative estimate of drug-likeness (QED) is 0.709. The monoisotopic (exact) mass is 228 g/mol. The first-order valence-electron chi connectivity index (χ1n) is 6.27. The van der Waals surface area contributed by atoms with E-state index in [1.807, 2.05) is 11.8 Å². The molecule has 0 N–H and O–H groups in total. The van der Waals surface area contributed by atoms with Crippen LogP contribution in [-0.4, -0.2) is 16.8 Å². The average molecular weight is 228 g/mol. The molecular weight excluding hydrogens is 204 g/mol. The molecule has 0 aromatic rings. The number of Topliss-reactive ketones (excluding diaryl/α,β-unsaturated/α-hetero) is 1. The van der Waals surface area contributed by atoms with E-state index in [0.717, 1.165) is 24.5 Å². The molecule has 0 radical (unpaired) electrons. The topological polar surface area (TPSA) is 17.1 Å². The lowest BCUT2D eigenvalue weighted by Gasteiger charge is -2.25. The van der Waals surface area contributed by atoms with Gasteiger partial charge in [0, 0.05) is 11.2 Å². The lowest BCUT2D eigenvalue weighted by atomic mass is 9.81. The van der Waals surface area contributed by atoms with Gasteiger partial charge in [0.05, 0.1) is 5.75 Å². The molecule has 0 aromatic carbocycles. The molecule has 0 bridgehead atoms. The first kappa shape index (κ1) is 13.1. The minimum atomic E-state index is 0.387. The third kappa shape index (κ3) is 4.58. The molecule has 1 nitrogen and oxygen atoms in total. The van der Waals surface area contributed by atoms with Crippen LogP contribution in [0.5, 0.6) is 0 Å². The lowest BCUT2D eigenvalue weighted by molar-refractivity contribution is -0.121. The lowest BCUT2D eigenvalue weighted by Crippen LogP contribution is -2.22. The predicted octanol–water partition coefficient (Wildman–Crippen LogP) is 3.91. The summed E-state index contributed by atoms with van der Waals surface area (Å²) < 4.78 is 0. The van der Waals surface area contributed by atoms with Crippen LogP contribution < -0.4 is 0 Å². The highest BCUT2D eigenvalue weighted by Crippen LogP contribution is 2.30. The first-order valence-corrected chi connectivity index (χ1v) is 7.32. The Balaban J connectivity index is 2.22. The van der Waals surface area contributed by atoms with Crippen molar-refractivity contribution >= 4 is 17.5 Å². The summed E-state index contributed by atoms with van der Waals surface area (Å²) >= 11 is 1.83. The predicted molar refractivity (Wildman–Crippen MR) is 68.3 cm³/mol. The molecule has 1 aliphatic rings. The van der Waals surface area contributed by atoms with Crippen molar-refractivity contribution in [3.63, 3.8) is 0 Å². The van der Waals surface area contributed by atoms with Gasteiger partial charge in [-0.2, -0.15) is 11.8 Å². The van der Waals surface area contributed by atoms with Crippen LogP contribution in [-0.2, 0) is 4.79 Å². The summed E-state index contributed by atoms with van der Waals surface area (Å²) in [6, 6.07) is 0. The van der Waals surface area contributed by atoms with Gasteiger partial charge in [-0.05, 0) is 25.2 Å². The van der Waals surface area contributed by atoms with Crippen molar-refractivity contribution in [2.24, 2.45) is 11.8 Å². The fourth-order valence-corrected chi connectivity index (χ4v) is 2.96. The SMILES string of the molecule is CCC(C)SCC(=O)C1CCC(C)CC1. The van der Waals surface area contributed by atoms with Crippen LogP contribution in [0.15, 0.2) is 0 Å². The van der Waals surface area contributed by atoms with Gasteiger partial charge in [0.1, 0.15) is 5.78 Å². The fraction of sp³-hybridized carbons (Fsp3) is 0.923. The molecule has 1 fully saturated rings. The van der Waals surface area contributed by atoms with Crippen molar-refractivity contribution in [3.05, 3.63) is 0 Å². The summed E-state index contributed by atoms with van der Waals surface area (Å²) in [4.78, 5) is 11.9. The Hall–Kier alpha value is 0.0200. The van der Waals surface area contributed by atoms with Crippen molar-refractivity contribution in [2.45, 2.75) is 58.1 Å². The first-order chi connectivity index (χ1) is 7.13. The van der Waals surface area contributed by atoms with Crippen LogP contribution >= 0.6 is 11.8 Å². The van der Waals surface area contributed by atoms with Gasteiger partial charge in [0.2, 0.25) is 0 Å². The Morgan fingerprint density at radius 2 is 1.93 bits per heavy atom. The molecule has 1 unspecified atom stereocenters. The molecule has 1 rings (SSSR count). The molecule has 0 heterocycles. The Morgan fingerprint density at radius 1 is 1.33 bits per heavy atom. The molecular formula is C13H24OS. The smallest absolute Gasteiger partial charge is 0.145 e. The molecule has 0 aromatic heterocycles. The number of ketones is 1. The summed E-state index contributed by atoms with van der Waals surface area (Å²) in [6.07, 6.45) is 5.95. The maximum atomic E-state index is 11.9. The summed E-state index contributed by atoms with van der Waals surface area (Å²) in [5, 5.41) is 0.636. The number of hydrogen-bond donors (Lipinski definition) is 0. The molecule has 2 heteroatoms. The molecule has 15 heavy (non-hydrogen) atoms. The summed E-state index contributed by atoms with van der Waals surface area (Å²) in [6.45, 7) is 6.69. The molecule has 1 aliphatic carbocycles. The van der Waals surface area contributed by atoms with Gasteiger partial charge < -0.3 is 0 Å². The van der Waals surface area contributed by atoms with Gasteiger partial charge in [0.15, 0.2) is 0 Å². The largest absolute Gasteiger partial charge is 0.298 e. The normalized spacial score (nSPS) is 28.7. The van der Waals surface area contributed by atoms with E-state index in [9.17, 15) is 4.79 Å². The number of carbonyl (C=O) groups is 1. The highest BCUT2D eigenvalue weighted by Gasteiger charge is 2.24. The molecule has 1 atom stereocenters. The van der Waals surface area contributed by atoms with E-state index in [-0.39, 0.29) is 0 Å². The van der Waals surface area contributed by atoms with Crippen LogP contribution in [0.4, 0.5) is 0 Å². The molecule has 1 saturated carbocycles. The van der Waals surface area contributed by atoms with Crippen molar-refractivity contribution < 1.29 is 4.79 Å². The van der Waals surface area contributed by atoms with Gasteiger partial charge >= 0.3 is 0 Å². The van der Waals surface area contributed by atoms with Crippen molar-refractivity contribution in [1.29, 1.82) is 0 Å². The Kier molecular flexibility index (Phi) is 5.73. The van der Waals surface area contributed by atoms with Crippen LogP contribution in [0.2, 0.25) is 0 Å². The zero-order valence-electron chi connectivity index (χ0n) is 10.3. The van der Waals surface area contributed by atoms with Crippen LogP contribution in [0.3, 0.4) is 0 Å². The standard InChI is InChI=1S/C13H24OS/c1-4-11(3)15-9-13(14)12-7-5-10(2)6-8-12/h10-12H,4-9H2,1-3H3. The molecule has 88 valence electrons. The minimum Gasteiger partial charge on any atom is -0.298 e. The maximum absolute atomic E-state index is 11.9. The molecule has 0 aliphatic heterocycles. The molecule has 0 amide bonds. The van der Waals surface area contributed by atoms with E-state index < -0.39 is 0 Å². The van der Waals surface area contributed by atoms with Crippen LogP contribution in [0, 0.1) is 11.8 Å². The van der Waals surface area contributed by atoms with Gasteiger partial charge in [-0.15, -0.1) is 0 Å². The van der Waals surface area contributed by atoms with Gasteiger partial charge in [-0.25, -0.2) is 0 Å². The number of thioether (sulfide) groups is 1. The summed E-state index contributed by atoms with van der Waals surface area (Å²) in [5.41, 5.74) is 0. The minimum absolute atomic E-state index is 0.387. The van der Waals surface area contributed by atoms with E-state index in [1.165, 1.54) is 19.3 Å². The highest BCUT2D eigenvalue weighted by molar-refractivity contribution is 8.00. The number of rotatable bonds is 5. The van der Waals surface area contributed by atoms with Crippen molar-refractivity contribution in [2.75, 3.05) is 5.75 Å². The Morgan fingerprint density at radius 3 is 2.47 bits per heavy atom. The zero-order chi connectivity index (χ0) is 11.3. The van der Waals surface area contributed by atoms with Gasteiger partial charge in [-0.3, -0.25) is 4.79 Å². The number of carbonyl (C=O) groups excluding carboxylic acids is 1. The second-order valence-electron chi connectivity index (χ2n) is 4.95. The van der Waals surface area contributed by atoms with Crippen molar-refractivity contribution in [1.82, 2.24) is 0 Å². The second kappa shape index (κ2) is 6.57. The van der Waals surface area contributed by atoms with E-state index in [1.54, 1.807) is 0 Å². The summed E-state index contributed by atoms with van der Waals surface area (Å²) in [7, 11) is 0. The summed E-state index contributed by atoms with van der Waals surface area (Å²) in [5.74, 6) is 2.48. The van der Waals surface area contributed by atoms with Crippen LogP contribution in [0.25, 0.3) is 0 Å². The van der Waals surface area contributed by atoms with E-state index in [2.05, 4.69) is 20.8 Å². The highest BCUT2D eigenvalue weighted by atomic mass is 32.2. The van der Waals surface area contributed by atoms with Crippen molar-refractivity contribution in [3.8, 4) is 0 Å². The fourth-order valence-electron chi connectivity index (χ4n) is 2.04. The number of hydrogen-bond acceptors (Lipinski definition) is 2. The van der Waals surface area contributed by atoms with E-state index >= 15 is 0 Å². The third-order valence-corrected chi connectivity index (χ3v) is 4.91. The van der Waals surface area contributed by atoms with E-state index in [4.69, 9.17) is 0 Å². The molecule has 0 saturated heterocycles. The van der Waals surface area contributed by atoms with Gasteiger partial charge in [-0.1, -0.05) is 33.6 Å². The third-order valence-electron chi connectivity index (χ3n) is 3.56. The van der Waals surface area contributed by atoms with E-state index in [0.29, 0.717) is 17.0 Å². The Bertz CT molecular complexity index is 195. The maximum Gasteiger partial charge on any atom is 0.145 e. The average Bonchev–Trinajstić information content (AvgIpc) is 2.26. The van der Waals surface area contributed by atoms with Gasteiger partial charge in [0.25, 0.3) is 0 Å². The Labute approximate surface area is 98.4 Å².